The third-order valence-electron chi connectivity index (χ3n) is 3.63. The van der Waals surface area contributed by atoms with Crippen LogP contribution in [0.15, 0.2) is 22.8 Å². The molecule has 0 spiro atoms. The van der Waals surface area contributed by atoms with Gasteiger partial charge in [0.2, 0.25) is 11.8 Å². The lowest BCUT2D eigenvalue weighted by atomic mass is 10.1. The van der Waals surface area contributed by atoms with E-state index in [4.69, 9.17) is 0 Å². The zero-order chi connectivity index (χ0) is 15.4. The molecule has 1 aliphatic rings. The maximum absolute atomic E-state index is 12.6. The lowest BCUT2D eigenvalue weighted by molar-refractivity contribution is -0.135. The SMILES string of the molecule is CCCC1NC(=O)CC(C)N(Cc2ccc(Br)cn2)C1=O. The molecular weight excluding hydrogens is 334 g/mol. The largest absolute Gasteiger partial charge is 0.344 e. The molecule has 0 saturated carbocycles. The van der Waals surface area contributed by atoms with E-state index >= 15 is 0 Å². The molecular formula is C15H20BrN3O2. The van der Waals surface area contributed by atoms with Gasteiger partial charge >= 0.3 is 0 Å². The highest BCUT2D eigenvalue weighted by molar-refractivity contribution is 9.10. The Hall–Kier alpha value is -1.43. The van der Waals surface area contributed by atoms with E-state index < -0.39 is 6.04 Å². The second-order valence-corrected chi connectivity index (χ2v) is 6.31. The van der Waals surface area contributed by atoms with Crippen molar-refractivity contribution in [3.8, 4) is 0 Å². The van der Waals surface area contributed by atoms with Gasteiger partial charge in [-0.05, 0) is 41.4 Å². The fraction of sp³-hybridized carbons (Fsp3) is 0.533. The maximum Gasteiger partial charge on any atom is 0.245 e. The van der Waals surface area contributed by atoms with Gasteiger partial charge in [-0.1, -0.05) is 13.3 Å². The Bertz CT molecular complexity index is 518. The van der Waals surface area contributed by atoms with Crippen molar-refractivity contribution in [1.82, 2.24) is 15.2 Å². The van der Waals surface area contributed by atoms with Crippen molar-refractivity contribution in [3.63, 3.8) is 0 Å². The number of hydrogen-bond donors (Lipinski definition) is 1. The van der Waals surface area contributed by atoms with E-state index in [1.54, 1.807) is 11.1 Å². The summed E-state index contributed by atoms with van der Waals surface area (Å²) in [6, 6.07) is 3.26. The Morgan fingerprint density at radius 3 is 2.81 bits per heavy atom. The molecule has 2 unspecified atom stereocenters. The standard InChI is InChI=1S/C15H20BrN3O2/c1-3-4-13-15(21)19(10(2)7-14(20)18-13)9-12-6-5-11(16)8-17-12/h5-6,8,10,13H,3-4,7,9H2,1-2H3,(H,18,20). The predicted octanol–water partition coefficient (Wildman–Crippen LogP) is 2.25. The van der Waals surface area contributed by atoms with Gasteiger partial charge in [-0.25, -0.2) is 0 Å². The highest BCUT2D eigenvalue weighted by atomic mass is 79.9. The van der Waals surface area contributed by atoms with Crippen molar-refractivity contribution in [2.45, 2.75) is 51.7 Å². The van der Waals surface area contributed by atoms with E-state index in [-0.39, 0.29) is 17.9 Å². The molecule has 6 heteroatoms. The summed E-state index contributed by atoms with van der Waals surface area (Å²) in [6.07, 6.45) is 3.58. The van der Waals surface area contributed by atoms with Crippen LogP contribution in [0.5, 0.6) is 0 Å². The van der Waals surface area contributed by atoms with Crippen molar-refractivity contribution >= 4 is 27.7 Å². The first kappa shape index (κ1) is 15.9. The third-order valence-corrected chi connectivity index (χ3v) is 4.10. The first-order valence-corrected chi connectivity index (χ1v) is 8.00. The quantitative estimate of drug-likeness (QED) is 0.902. The van der Waals surface area contributed by atoms with Crippen molar-refractivity contribution < 1.29 is 9.59 Å². The van der Waals surface area contributed by atoms with Crippen LogP contribution in [0, 0.1) is 0 Å². The normalized spacial score (nSPS) is 22.9. The van der Waals surface area contributed by atoms with Crippen LogP contribution in [0.1, 0.15) is 38.8 Å². The molecule has 2 atom stereocenters. The van der Waals surface area contributed by atoms with Gasteiger partial charge in [0, 0.05) is 23.1 Å². The summed E-state index contributed by atoms with van der Waals surface area (Å²) >= 11 is 3.35. The molecule has 0 bridgehead atoms. The number of rotatable bonds is 4. The van der Waals surface area contributed by atoms with Crippen molar-refractivity contribution in [1.29, 1.82) is 0 Å². The van der Waals surface area contributed by atoms with E-state index in [1.165, 1.54) is 0 Å². The molecule has 114 valence electrons. The number of carbonyl (C=O) groups excluding carboxylic acids is 2. The van der Waals surface area contributed by atoms with Crippen LogP contribution in [0.25, 0.3) is 0 Å². The molecule has 1 aromatic heterocycles. The molecule has 21 heavy (non-hydrogen) atoms. The fourth-order valence-electron chi connectivity index (χ4n) is 2.50. The average molecular weight is 354 g/mol. The monoisotopic (exact) mass is 353 g/mol. The van der Waals surface area contributed by atoms with Crippen LogP contribution in [-0.2, 0) is 16.1 Å². The topological polar surface area (TPSA) is 62.3 Å². The number of amides is 2. The van der Waals surface area contributed by atoms with Crippen LogP contribution in [-0.4, -0.2) is 33.8 Å². The van der Waals surface area contributed by atoms with Crippen LogP contribution in [0.4, 0.5) is 0 Å². The molecule has 0 aromatic carbocycles. The molecule has 0 radical (unpaired) electrons. The molecule has 1 aliphatic heterocycles. The Balaban J connectivity index is 2.19. The zero-order valence-electron chi connectivity index (χ0n) is 12.3. The Morgan fingerprint density at radius 2 is 2.19 bits per heavy atom. The molecule has 2 rings (SSSR count). The van der Waals surface area contributed by atoms with Gasteiger partial charge in [0.05, 0.1) is 12.2 Å². The first-order chi connectivity index (χ1) is 10.0. The van der Waals surface area contributed by atoms with E-state index in [2.05, 4.69) is 26.2 Å². The van der Waals surface area contributed by atoms with Gasteiger partial charge in [0.15, 0.2) is 0 Å². The number of aromatic nitrogens is 1. The van der Waals surface area contributed by atoms with Gasteiger partial charge in [0.25, 0.3) is 0 Å². The van der Waals surface area contributed by atoms with E-state index in [0.717, 1.165) is 16.6 Å². The molecule has 1 aromatic rings. The van der Waals surface area contributed by atoms with Crippen LogP contribution < -0.4 is 5.32 Å². The molecule has 5 nitrogen and oxygen atoms in total. The third kappa shape index (κ3) is 4.03. The summed E-state index contributed by atoms with van der Waals surface area (Å²) in [7, 11) is 0. The minimum Gasteiger partial charge on any atom is -0.344 e. The van der Waals surface area contributed by atoms with Crippen LogP contribution in [0.3, 0.4) is 0 Å². The lowest BCUT2D eigenvalue weighted by Crippen LogP contribution is -2.46. The van der Waals surface area contributed by atoms with Crippen molar-refractivity contribution in [2.75, 3.05) is 0 Å². The van der Waals surface area contributed by atoms with Crippen LogP contribution in [0.2, 0.25) is 0 Å². The zero-order valence-corrected chi connectivity index (χ0v) is 13.9. The average Bonchev–Trinajstić information content (AvgIpc) is 2.53. The van der Waals surface area contributed by atoms with Crippen molar-refractivity contribution in [3.05, 3.63) is 28.5 Å². The molecule has 0 aliphatic carbocycles. The van der Waals surface area contributed by atoms with Gasteiger partial charge < -0.3 is 10.2 Å². The summed E-state index contributed by atoms with van der Waals surface area (Å²) in [5.41, 5.74) is 0.822. The number of nitrogens with one attached hydrogen (secondary N) is 1. The highest BCUT2D eigenvalue weighted by Crippen LogP contribution is 2.17. The minimum absolute atomic E-state index is 0.0140. The van der Waals surface area contributed by atoms with E-state index in [0.29, 0.717) is 19.4 Å². The van der Waals surface area contributed by atoms with E-state index in [9.17, 15) is 9.59 Å². The molecule has 2 heterocycles. The predicted molar refractivity (Wildman–Crippen MR) is 83.4 cm³/mol. The summed E-state index contributed by atoms with van der Waals surface area (Å²) < 4.78 is 0.905. The number of nitrogens with zero attached hydrogens (tertiary/aromatic N) is 2. The molecule has 1 fully saturated rings. The maximum atomic E-state index is 12.6. The Morgan fingerprint density at radius 1 is 1.43 bits per heavy atom. The van der Waals surface area contributed by atoms with Gasteiger partial charge in [-0.3, -0.25) is 14.6 Å². The fourth-order valence-corrected chi connectivity index (χ4v) is 2.74. The second-order valence-electron chi connectivity index (χ2n) is 5.40. The minimum atomic E-state index is -0.414. The molecule has 1 saturated heterocycles. The summed E-state index contributed by atoms with van der Waals surface area (Å²) in [5.74, 6) is -0.0690. The number of hydrogen-bond acceptors (Lipinski definition) is 3. The van der Waals surface area contributed by atoms with Gasteiger partial charge in [-0.2, -0.15) is 0 Å². The van der Waals surface area contributed by atoms with Gasteiger partial charge in [-0.15, -0.1) is 0 Å². The molecule has 1 N–H and O–H groups in total. The van der Waals surface area contributed by atoms with Crippen molar-refractivity contribution in [2.24, 2.45) is 0 Å². The summed E-state index contributed by atoms with van der Waals surface area (Å²) in [6.45, 7) is 4.35. The summed E-state index contributed by atoms with van der Waals surface area (Å²) in [5, 5.41) is 2.83. The smallest absolute Gasteiger partial charge is 0.245 e. The second kappa shape index (κ2) is 7.02. The number of halogens is 1. The number of carbonyl (C=O) groups is 2. The van der Waals surface area contributed by atoms with Gasteiger partial charge in [0.1, 0.15) is 6.04 Å². The number of pyridine rings is 1. The Labute approximate surface area is 133 Å². The summed E-state index contributed by atoms with van der Waals surface area (Å²) in [4.78, 5) is 30.6. The first-order valence-electron chi connectivity index (χ1n) is 7.21. The lowest BCUT2D eigenvalue weighted by Gasteiger charge is -2.28. The molecule has 2 amide bonds. The Kier molecular flexibility index (Phi) is 5.33. The highest BCUT2D eigenvalue weighted by Gasteiger charge is 2.33. The van der Waals surface area contributed by atoms with E-state index in [1.807, 2.05) is 26.0 Å². The van der Waals surface area contributed by atoms with Crippen LogP contribution >= 0.6 is 15.9 Å².